The lowest BCUT2D eigenvalue weighted by Gasteiger charge is -2.24. The SMILES string of the molecule is COC(=O)C(CCCCN1C(=O)CSC1c1cccn1C)NC(C)=O. The summed E-state index contributed by atoms with van der Waals surface area (Å²) < 4.78 is 6.75. The average Bonchev–Trinajstić information content (AvgIpc) is 3.15. The zero-order chi connectivity index (χ0) is 18.4. The smallest absolute Gasteiger partial charge is 0.328 e. The molecule has 2 heterocycles. The number of carbonyl (C=O) groups is 3. The lowest BCUT2D eigenvalue weighted by Crippen LogP contribution is -2.40. The number of unbranched alkanes of at least 4 members (excludes halogenated alkanes) is 1. The number of thioether (sulfide) groups is 1. The van der Waals surface area contributed by atoms with Crippen molar-refractivity contribution in [3.05, 3.63) is 24.0 Å². The Morgan fingerprint density at radius 1 is 1.44 bits per heavy atom. The molecule has 1 N–H and O–H groups in total. The molecule has 2 atom stereocenters. The van der Waals surface area contributed by atoms with Crippen molar-refractivity contribution >= 4 is 29.5 Å². The molecule has 138 valence electrons. The second-order valence-electron chi connectivity index (χ2n) is 6.07. The third-order valence-electron chi connectivity index (χ3n) is 4.21. The Hall–Kier alpha value is -1.96. The van der Waals surface area contributed by atoms with E-state index in [4.69, 9.17) is 4.74 Å². The Bertz CT molecular complexity index is 631. The van der Waals surface area contributed by atoms with Crippen LogP contribution in [0.15, 0.2) is 18.3 Å². The van der Waals surface area contributed by atoms with Gasteiger partial charge in [0.2, 0.25) is 11.8 Å². The minimum absolute atomic E-state index is 0.0410. The van der Waals surface area contributed by atoms with Gasteiger partial charge in [-0.2, -0.15) is 0 Å². The molecule has 1 saturated heterocycles. The molecule has 0 radical (unpaired) electrons. The van der Waals surface area contributed by atoms with E-state index in [2.05, 4.69) is 5.32 Å². The number of rotatable bonds is 8. The van der Waals surface area contributed by atoms with Crippen LogP contribution in [0.1, 0.15) is 37.3 Å². The molecular formula is C17H25N3O4S. The highest BCUT2D eigenvalue weighted by Gasteiger charge is 2.33. The van der Waals surface area contributed by atoms with E-state index in [1.54, 1.807) is 11.8 Å². The quantitative estimate of drug-likeness (QED) is 0.556. The highest BCUT2D eigenvalue weighted by atomic mass is 32.2. The molecule has 0 spiro atoms. The van der Waals surface area contributed by atoms with Gasteiger partial charge in [0.25, 0.3) is 0 Å². The van der Waals surface area contributed by atoms with Crippen LogP contribution in [0.4, 0.5) is 0 Å². The number of esters is 1. The van der Waals surface area contributed by atoms with Gasteiger partial charge in [-0.05, 0) is 31.4 Å². The number of nitrogens with one attached hydrogen (secondary N) is 1. The maximum absolute atomic E-state index is 12.2. The largest absolute Gasteiger partial charge is 0.467 e. The van der Waals surface area contributed by atoms with Crippen molar-refractivity contribution in [2.45, 2.75) is 37.6 Å². The van der Waals surface area contributed by atoms with Crippen LogP contribution < -0.4 is 5.32 Å². The van der Waals surface area contributed by atoms with Gasteiger partial charge < -0.3 is 19.5 Å². The Morgan fingerprint density at radius 2 is 2.20 bits per heavy atom. The van der Waals surface area contributed by atoms with Gasteiger partial charge in [0.05, 0.1) is 18.6 Å². The summed E-state index contributed by atoms with van der Waals surface area (Å²) in [6.07, 6.45) is 3.95. The maximum Gasteiger partial charge on any atom is 0.328 e. The number of hydrogen-bond donors (Lipinski definition) is 1. The summed E-state index contributed by atoms with van der Waals surface area (Å²) in [5.74, 6) is -0.0652. The van der Waals surface area contributed by atoms with E-state index in [1.807, 2.05) is 34.8 Å². The van der Waals surface area contributed by atoms with Crippen LogP contribution in [0.25, 0.3) is 0 Å². The molecule has 25 heavy (non-hydrogen) atoms. The van der Waals surface area contributed by atoms with Gasteiger partial charge in [0, 0.05) is 26.7 Å². The fraction of sp³-hybridized carbons (Fsp3) is 0.588. The van der Waals surface area contributed by atoms with Crippen LogP contribution in [0, 0.1) is 0 Å². The van der Waals surface area contributed by atoms with Crippen molar-refractivity contribution in [3.8, 4) is 0 Å². The number of hydrogen-bond acceptors (Lipinski definition) is 5. The fourth-order valence-corrected chi connectivity index (χ4v) is 4.22. The first-order valence-electron chi connectivity index (χ1n) is 8.31. The molecule has 1 aromatic heterocycles. The normalized spacial score (nSPS) is 18.3. The van der Waals surface area contributed by atoms with Gasteiger partial charge in [-0.25, -0.2) is 4.79 Å². The standard InChI is InChI=1S/C17H25N3O4S/c1-12(21)18-13(17(23)24-3)7-4-5-10-20-15(22)11-25-16(20)14-8-6-9-19(14)2/h6,8-9,13,16H,4-5,7,10-11H2,1-3H3,(H,18,21). The van der Waals surface area contributed by atoms with E-state index >= 15 is 0 Å². The first kappa shape index (κ1) is 19.4. The van der Waals surface area contributed by atoms with Crippen molar-refractivity contribution in [3.63, 3.8) is 0 Å². The third-order valence-corrected chi connectivity index (χ3v) is 5.44. The summed E-state index contributed by atoms with van der Waals surface area (Å²) in [7, 11) is 3.28. The predicted molar refractivity (Wildman–Crippen MR) is 95.8 cm³/mol. The molecule has 2 rings (SSSR count). The molecular weight excluding hydrogens is 342 g/mol. The zero-order valence-electron chi connectivity index (χ0n) is 14.9. The molecule has 2 amide bonds. The van der Waals surface area contributed by atoms with Crippen LogP contribution in [-0.4, -0.2) is 52.7 Å². The summed E-state index contributed by atoms with van der Waals surface area (Å²) in [5, 5.41) is 2.65. The Kier molecular flexibility index (Phi) is 6.92. The van der Waals surface area contributed by atoms with Gasteiger partial charge >= 0.3 is 5.97 Å². The molecule has 2 unspecified atom stereocenters. The Labute approximate surface area is 152 Å². The second kappa shape index (κ2) is 8.94. The lowest BCUT2D eigenvalue weighted by atomic mass is 10.1. The molecule has 1 fully saturated rings. The van der Waals surface area contributed by atoms with E-state index in [9.17, 15) is 14.4 Å². The number of amides is 2. The molecule has 8 heteroatoms. The minimum atomic E-state index is -0.630. The molecule has 1 aliphatic rings. The van der Waals surface area contributed by atoms with E-state index in [0.717, 1.165) is 12.1 Å². The summed E-state index contributed by atoms with van der Waals surface area (Å²) in [6, 6.07) is 3.38. The molecule has 0 aliphatic carbocycles. The number of nitrogens with zero attached hydrogens (tertiary/aromatic N) is 2. The van der Waals surface area contributed by atoms with Gasteiger partial charge in [-0.1, -0.05) is 0 Å². The van der Waals surface area contributed by atoms with Crippen LogP contribution in [0.3, 0.4) is 0 Å². The van der Waals surface area contributed by atoms with E-state index < -0.39 is 12.0 Å². The van der Waals surface area contributed by atoms with Gasteiger partial charge in [-0.3, -0.25) is 9.59 Å². The van der Waals surface area contributed by atoms with Crippen LogP contribution in [0.5, 0.6) is 0 Å². The minimum Gasteiger partial charge on any atom is -0.467 e. The van der Waals surface area contributed by atoms with Crippen LogP contribution in [0.2, 0.25) is 0 Å². The van der Waals surface area contributed by atoms with Crippen molar-refractivity contribution in [1.29, 1.82) is 0 Å². The molecule has 0 bridgehead atoms. The van der Waals surface area contributed by atoms with Crippen molar-refractivity contribution in [2.24, 2.45) is 7.05 Å². The van der Waals surface area contributed by atoms with E-state index in [1.165, 1.54) is 14.0 Å². The number of methoxy groups -OCH3 is 1. The summed E-state index contributed by atoms with van der Waals surface area (Å²) in [5.41, 5.74) is 1.11. The topological polar surface area (TPSA) is 80.6 Å². The summed E-state index contributed by atoms with van der Waals surface area (Å²) >= 11 is 1.64. The number of carbonyl (C=O) groups excluding carboxylic acids is 3. The van der Waals surface area contributed by atoms with Crippen molar-refractivity contribution < 1.29 is 19.1 Å². The van der Waals surface area contributed by atoms with Gasteiger partial charge in [0.15, 0.2) is 0 Å². The fourth-order valence-electron chi connectivity index (χ4n) is 2.94. The summed E-state index contributed by atoms with van der Waals surface area (Å²) in [4.78, 5) is 37.0. The molecule has 0 aromatic carbocycles. The average molecular weight is 367 g/mol. The first-order valence-corrected chi connectivity index (χ1v) is 9.36. The Balaban J connectivity index is 1.86. The number of ether oxygens (including phenoxy) is 1. The third kappa shape index (κ3) is 5.01. The highest BCUT2D eigenvalue weighted by molar-refractivity contribution is 8.00. The summed E-state index contributed by atoms with van der Waals surface area (Å²) in [6.45, 7) is 2.01. The van der Waals surface area contributed by atoms with Gasteiger partial charge in [-0.15, -0.1) is 11.8 Å². The molecule has 1 aromatic rings. The van der Waals surface area contributed by atoms with Crippen LogP contribution >= 0.6 is 11.8 Å². The van der Waals surface area contributed by atoms with E-state index in [-0.39, 0.29) is 17.2 Å². The van der Waals surface area contributed by atoms with E-state index in [0.29, 0.717) is 25.1 Å². The molecule has 1 aliphatic heterocycles. The first-order chi connectivity index (χ1) is 11.9. The second-order valence-corrected chi connectivity index (χ2v) is 7.14. The predicted octanol–water partition coefficient (Wildman–Crippen LogP) is 1.45. The zero-order valence-corrected chi connectivity index (χ0v) is 15.7. The van der Waals surface area contributed by atoms with Gasteiger partial charge in [0.1, 0.15) is 11.4 Å². The Morgan fingerprint density at radius 3 is 2.80 bits per heavy atom. The van der Waals surface area contributed by atoms with Crippen LogP contribution in [-0.2, 0) is 26.2 Å². The van der Waals surface area contributed by atoms with Crippen molar-refractivity contribution in [2.75, 3.05) is 19.4 Å². The molecule has 0 saturated carbocycles. The number of aromatic nitrogens is 1. The highest BCUT2D eigenvalue weighted by Crippen LogP contribution is 2.38. The lowest BCUT2D eigenvalue weighted by molar-refractivity contribution is -0.145. The maximum atomic E-state index is 12.2. The van der Waals surface area contributed by atoms with Crippen molar-refractivity contribution in [1.82, 2.24) is 14.8 Å². The molecule has 7 nitrogen and oxygen atoms in total. The number of aryl methyl sites for hydroxylation is 1. The monoisotopic (exact) mass is 367 g/mol.